The van der Waals surface area contributed by atoms with E-state index in [0.29, 0.717) is 16.9 Å². The Morgan fingerprint density at radius 2 is 1.85 bits per heavy atom. The molecule has 3 aromatic carbocycles. The van der Waals surface area contributed by atoms with Gasteiger partial charge in [-0.3, -0.25) is 4.79 Å². The Hall–Kier alpha value is -3.80. The number of hydrogen-bond acceptors (Lipinski definition) is 7. The van der Waals surface area contributed by atoms with Crippen molar-refractivity contribution in [3.05, 3.63) is 83.1 Å². The Bertz CT molecular complexity index is 1740. The van der Waals surface area contributed by atoms with E-state index in [-0.39, 0.29) is 45.2 Å². The number of rotatable bonds is 5. The Labute approximate surface area is 223 Å². The number of carbonyl (C=O) groups is 1. The van der Waals surface area contributed by atoms with Crippen molar-refractivity contribution in [1.82, 2.24) is 15.3 Å². The van der Waals surface area contributed by atoms with E-state index in [9.17, 15) is 13.2 Å². The third-order valence-corrected chi connectivity index (χ3v) is 8.46. The van der Waals surface area contributed by atoms with Crippen LogP contribution >= 0.6 is 0 Å². The maximum Gasteiger partial charge on any atom is 0.238 e. The van der Waals surface area contributed by atoms with Crippen LogP contribution in [0.25, 0.3) is 22.0 Å². The van der Waals surface area contributed by atoms with Crippen LogP contribution in [0, 0.1) is 11.6 Å². The van der Waals surface area contributed by atoms with Crippen LogP contribution in [-0.4, -0.2) is 43.3 Å². The van der Waals surface area contributed by atoms with Gasteiger partial charge in [0.25, 0.3) is 0 Å². The van der Waals surface area contributed by atoms with Crippen molar-refractivity contribution in [1.29, 1.82) is 0 Å². The molecule has 0 radical (unpaired) electrons. The number of fused-ring (bicyclic) bond motifs is 2. The lowest BCUT2D eigenvalue weighted by molar-refractivity contribution is 0.0971. The second-order valence-corrected chi connectivity index (χ2v) is 11.4. The quantitative estimate of drug-likeness (QED) is 0.345. The summed E-state index contributed by atoms with van der Waals surface area (Å²) in [6, 6.07) is 11.8. The lowest BCUT2D eigenvalue weighted by Crippen LogP contribution is -2.35. The van der Waals surface area contributed by atoms with Crippen LogP contribution < -0.4 is 15.8 Å². The first-order valence-electron chi connectivity index (χ1n) is 12.6. The van der Waals surface area contributed by atoms with Crippen molar-refractivity contribution in [2.45, 2.75) is 36.1 Å². The number of nitrogens with two attached hydrogens (primary N) is 1. The number of nitrogens with zero attached hydrogens (tertiary/aromatic N) is 2. The molecule has 6 rings (SSSR count). The zero-order chi connectivity index (χ0) is 27.3. The molecule has 1 saturated heterocycles. The van der Waals surface area contributed by atoms with E-state index in [2.05, 4.69) is 20.6 Å². The fourth-order valence-corrected chi connectivity index (χ4v) is 6.32. The molecule has 1 aliphatic carbocycles. The Morgan fingerprint density at radius 3 is 2.62 bits per heavy atom. The molecular weight excluding hydrogens is 524 g/mol. The van der Waals surface area contributed by atoms with Crippen LogP contribution in [0.5, 0.6) is 0 Å². The van der Waals surface area contributed by atoms with Gasteiger partial charge in [-0.1, -0.05) is 24.3 Å². The Morgan fingerprint density at radius 1 is 1.05 bits per heavy atom. The zero-order valence-corrected chi connectivity index (χ0v) is 21.6. The first-order valence-corrected chi connectivity index (χ1v) is 14.2. The minimum atomic E-state index is -4.08. The molecule has 1 unspecified atom stereocenters. The number of aromatic nitrogens is 2. The lowest BCUT2D eigenvalue weighted by Gasteiger charge is -2.23. The maximum atomic E-state index is 15.9. The summed E-state index contributed by atoms with van der Waals surface area (Å²) in [6.45, 7) is 1.85. The van der Waals surface area contributed by atoms with Gasteiger partial charge in [-0.15, -0.1) is 0 Å². The highest BCUT2D eigenvalue weighted by Crippen LogP contribution is 2.40. The number of piperidine rings is 1. The molecule has 39 heavy (non-hydrogen) atoms. The lowest BCUT2D eigenvalue weighted by atomic mass is 9.91. The number of primary sulfonamides is 1. The number of carbonyl (C=O) groups excluding carboxylic acids is 1. The highest BCUT2D eigenvalue weighted by Gasteiger charge is 2.37. The molecule has 1 aromatic heterocycles. The summed E-state index contributed by atoms with van der Waals surface area (Å²) in [5, 5.41) is 12.6. The van der Waals surface area contributed by atoms with Gasteiger partial charge < -0.3 is 10.6 Å². The van der Waals surface area contributed by atoms with Crippen molar-refractivity contribution < 1.29 is 22.0 Å². The number of halogens is 2. The van der Waals surface area contributed by atoms with Crippen molar-refractivity contribution in [2.24, 2.45) is 5.14 Å². The predicted octanol–water partition coefficient (Wildman–Crippen LogP) is 3.91. The van der Waals surface area contributed by atoms with Gasteiger partial charge in [-0.05, 0) is 73.3 Å². The second kappa shape index (κ2) is 9.74. The summed E-state index contributed by atoms with van der Waals surface area (Å²) >= 11 is 0. The number of Topliss-reactive ketones (excluding diaryl/α,β-unsaturated/α-hetero) is 1. The van der Waals surface area contributed by atoms with Crippen LogP contribution in [-0.2, 0) is 16.4 Å². The van der Waals surface area contributed by atoms with E-state index < -0.39 is 33.4 Å². The first-order chi connectivity index (χ1) is 18.7. The molecule has 4 N–H and O–H groups in total. The highest BCUT2D eigenvalue weighted by molar-refractivity contribution is 7.89. The molecule has 0 saturated carbocycles. The van der Waals surface area contributed by atoms with Gasteiger partial charge in [0.2, 0.25) is 16.0 Å². The minimum Gasteiger partial charge on any atom is -0.351 e. The van der Waals surface area contributed by atoms with Crippen LogP contribution in [0.3, 0.4) is 0 Å². The average Bonchev–Trinajstić information content (AvgIpc) is 3.25. The average molecular weight is 550 g/mol. The molecule has 1 atom stereocenters. The molecule has 2 heterocycles. The van der Waals surface area contributed by atoms with Crippen molar-refractivity contribution in [2.75, 3.05) is 18.4 Å². The monoisotopic (exact) mass is 549 g/mol. The predicted molar refractivity (Wildman–Crippen MR) is 143 cm³/mol. The number of ketones is 1. The molecule has 0 bridgehead atoms. The molecule has 200 valence electrons. The molecule has 1 aliphatic heterocycles. The van der Waals surface area contributed by atoms with Gasteiger partial charge in [0.15, 0.2) is 5.78 Å². The number of benzene rings is 3. The summed E-state index contributed by atoms with van der Waals surface area (Å²) in [5.74, 6) is -2.60. The molecule has 0 spiro atoms. The van der Waals surface area contributed by atoms with Gasteiger partial charge in [0, 0.05) is 23.2 Å². The largest absolute Gasteiger partial charge is 0.351 e. The van der Waals surface area contributed by atoms with Gasteiger partial charge >= 0.3 is 0 Å². The van der Waals surface area contributed by atoms with Crippen LogP contribution in [0.2, 0.25) is 0 Å². The minimum absolute atomic E-state index is 0.00849. The SMILES string of the molecule is NS(=O)(=O)c1cccc2c1CC(c1ccc(F)c(-c3ccc4nc(NC5CCNCC5)ncc4c3)c1F)C2=O. The van der Waals surface area contributed by atoms with E-state index >= 15 is 8.78 Å². The molecule has 8 nitrogen and oxygen atoms in total. The van der Waals surface area contributed by atoms with Gasteiger partial charge in [0.05, 0.1) is 21.9 Å². The molecule has 0 amide bonds. The maximum absolute atomic E-state index is 15.9. The third-order valence-electron chi connectivity index (χ3n) is 7.47. The van der Waals surface area contributed by atoms with Crippen LogP contribution in [0.4, 0.5) is 14.7 Å². The number of anilines is 1. The smallest absolute Gasteiger partial charge is 0.238 e. The van der Waals surface area contributed by atoms with E-state index in [0.717, 1.165) is 32.0 Å². The van der Waals surface area contributed by atoms with E-state index in [1.807, 2.05) is 0 Å². The summed E-state index contributed by atoms with van der Waals surface area (Å²) in [5.41, 5.74) is 1.03. The normalized spacial score (nSPS) is 17.9. The summed E-state index contributed by atoms with van der Waals surface area (Å²) in [7, 11) is -4.08. The van der Waals surface area contributed by atoms with Crippen LogP contribution in [0.1, 0.15) is 40.2 Å². The molecular formula is C28H25F2N5O3S. The fourth-order valence-electron chi connectivity index (χ4n) is 5.52. The topological polar surface area (TPSA) is 127 Å². The van der Waals surface area contributed by atoms with Crippen molar-refractivity contribution in [3.8, 4) is 11.1 Å². The summed E-state index contributed by atoms with van der Waals surface area (Å²) < 4.78 is 55.1. The van der Waals surface area contributed by atoms with Crippen LogP contribution in [0.15, 0.2) is 59.6 Å². The first kappa shape index (κ1) is 25.5. The number of nitrogens with one attached hydrogen (secondary N) is 2. The third kappa shape index (κ3) is 4.66. The summed E-state index contributed by atoms with van der Waals surface area (Å²) in [6.07, 6.45) is 3.49. The summed E-state index contributed by atoms with van der Waals surface area (Å²) in [4.78, 5) is 22.0. The van der Waals surface area contributed by atoms with E-state index in [1.54, 1.807) is 24.4 Å². The Kier molecular flexibility index (Phi) is 6.37. The van der Waals surface area contributed by atoms with Crippen molar-refractivity contribution in [3.63, 3.8) is 0 Å². The highest BCUT2D eigenvalue weighted by atomic mass is 32.2. The van der Waals surface area contributed by atoms with E-state index in [4.69, 9.17) is 5.14 Å². The fraction of sp³-hybridized carbons (Fsp3) is 0.250. The van der Waals surface area contributed by atoms with Gasteiger partial charge in [-0.25, -0.2) is 32.3 Å². The molecule has 11 heteroatoms. The standard InChI is InChI=1S/C28H25F2N5O3S/c29-22-6-5-18(21-13-20-19(27(21)36)2-1-3-24(20)39(31,37)38)26(30)25(22)15-4-7-23-16(12-15)14-33-28(35-23)34-17-8-10-32-11-9-17/h1-7,12,14,17,21,32H,8-11,13H2,(H2,31,37,38)(H,33,34,35). The Balaban J connectivity index is 1.34. The van der Waals surface area contributed by atoms with Crippen molar-refractivity contribution >= 4 is 32.7 Å². The number of sulfonamides is 1. The molecule has 1 fully saturated rings. The molecule has 2 aliphatic rings. The zero-order valence-electron chi connectivity index (χ0n) is 20.7. The van der Waals surface area contributed by atoms with Gasteiger partial charge in [-0.2, -0.15) is 0 Å². The van der Waals surface area contributed by atoms with Gasteiger partial charge in [0.1, 0.15) is 11.6 Å². The van der Waals surface area contributed by atoms with E-state index in [1.165, 1.54) is 24.3 Å². The number of hydrogen-bond donors (Lipinski definition) is 3. The molecule has 4 aromatic rings. The second-order valence-electron chi connectivity index (χ2n) is 9.91.